The van der Waals surface area contributed by atoms with Gasteiger partial charge in [-0.3, -0.25) is 4.79 Å². The number of rotatable bonds is 6. The van der Waals surface area contributed by atoms with Crippen molar-refractivity contribution in [2.45, 2.75) is 50.0 Å². The maximum absolute atomic E-state index is 13.4. The molecule has 23 heavy (non-hydrogen) atoms. The molecule has 2 saturated carbocycles. The van der Waals surface area contributed by atoms with Crippen LogP contribution in [0.4, 0.5) is 4.39 Å². The van der Waals surface area contributed by atoms with Gasteiger partial charge < -0.3 is 9.84 Å². The van der Waals surface area contributed by atoms with Crippen LogP contribution in [0, 0.1) is 5.82 Å². The second-order valence-electron chi connectivity index (χ2n) is 6.46. The van der Waals surface area contributed by atoms with Crippen molar-refractivity contribution in [2.24, 2.45) is 0 Å². The Morgan fingerprint density at radius 2 is 2.22 bits per heavy atom. The van der Waals surface area contributed by atoms with Crippen LogP contribution < -0.4 is 5.32 Å². The lowest BCUT2D eigenvalue weighted by atomic mass is 10.0. The number of amides is 1. The average molecular weight is 315 g/mol. The fourth-order valence-electron chi connectivity index (χ4n) is 2.82. The molecule has 120 valence electrons. The Morgan fingerprint density at radius 1 is 1.39 bits per heavy atom. The van der Waals surface area contributed by atoms with Crippen molar-refractivity contribution in [2.75, 3.05) is 0 Å². The van der Waals surface area contributed by atoms with Crippen molar-refractivity contribution in [3.8, 4) is 0 Å². The van der Waals surface area contributed by atoms with Crippen LogP contribution in [-0.2, 0) is 16.8 Å². The normalized spacial score (nSPS) is 18.7. The Balaban J connectivity index is 1.34. The van der Waals surface area contributed by atoms with Gasteiger partial charge in [0, 0.05) is 18.8 Å². The van der Waals surface area contributed by atoms with Crippen LogP contribution >= 0.6 is 0 Å². The molecule has 1 N–H and O–H groups in total. The Hall–Kier alpha value is -2.24. The molecule has 2 fully saturated rings. The van der Waals surface area contributed by atoms with Gasteiger partial charge in [0.1, 0.15) is 5.82 Å². The highest BCUT2D eigenvalue weighted by Crippen LogP contribution is 2.45. The van der Waals surface area contributed by atoms with E-state index in [-0.39, 0.29) is 11.7 Å². The van der Waals surface area contributed by atoms with Crippen molar-refractivity contribution in [3.05, 3.63) is 47.4 Å². The maximum atomic E-state index is 13.4. The first-order valence-corrected chi connectivity index (χ1v) is 8.04. The minimum Gasteiger partial charge on any atom is -0.347 e. The van der Waals surface area contributed by atoms with Crippen LogP contribution in [0.1, 0.15) is 55.3 Å². The zero-order valence-corrected chi connectivity index (χ0v) is 12.7. The molecule has 0 bridgehead atoms. The minimum absolute atomic E-state index is 0.0714. The van der Waals surface area contributed by atoms with Gasteiger partial charge in [-0.2, -0.15) is 4.98 Å². The molecule has 1 amide bonds. The fourth-order valence-corrected chi connectivity index (χ4v) is 2.82. The van der Waals surface area contributed by atoms with Crippen molar-refractivity contribution < 1.29 is 13.7 Å². The van der Waals surface area contributed by atoms with Gasteiger partial charge in [0.15, 0.2) is 5.82 Å². The number of benzene rings is 1. The number of nitrogens with zero attached hydrogens (tertiary/aromatic N) is 2. The Morgan fingerprint density at radius 3 is 2.91 bits per heavy atom. The fraction of sp³-hybridized carbons (Fsp3) is 0.471. The summed E-state index contributed by atoms with van der Waals surface area (Å²) in [6, 6.07) is 6.44. The van der Waals surface area contributed by atoms with Crippen LogP contribution in [0.3, 0.4) is 0 Å². The SMILES string of the molecule is O=C(CCc1nc(C2CC2)no1)NC1(c2cccc(F)c2)CC1. The van der Waals surface area contributed by atoms with Crippen LogP contribution in [0.2, 0.25) is 0 Å². The van der Waals surface area contributed by atoms with E-state index in [0.29, 0.717) is 24.7 Å². The molecule has 0 unspecified atom stereocenters. The lowest BCUT2D eigenvalue weighted by Crippen LogP contribution is -2.35. The Labute approximate surface area is 133 Å². The molecule has 0 saturated heterocycles. The van der Waals surface area contributed by atoms with Gasteiger partial charge in [-0.25, -0.2) is 4.39 Å². The second-order valence-corrected chi connectivity index (χ2v) is 6.46. The highest BCUT2D eigenvalue weighted by Gasteiger charge is 2.45. The van der Waals surface area contributed by atoms with E-state index in [0.717, 1.165) is 37.1 Å². The molecule has 0 atom stereocenters. The first kappa shape index (κ1) is 14.4. The van der Waals surface area contributed by atoms with E-state index in [1.807, 2.05) is 6.07 Å². The zero-order chi connectivity index (χ0) is 15.9. The highest BCUT2D eigenvalue weighted by atomic mass is 19.1. The summed E-state index contributed by atoms with van der Waals surface area (Å²) in [6.07, 6.45) is 4.66. The summed E-state index contributed by atoms with van der Waals surface area (Å²) in [7, 11) is 0. The third-order valence-electron chi connectivity index (χ3n) is 4.50. The van der Waals surface area contributed by atoms with Gasteiger partial charge in [0.05, 0.1) is 5.54 Å². The van der Waals surface area contributed by atoms with Gasteiger partial charge in [0.2, 0.25) is 11.8 Å². The summed E-state index contributed by atoms with van der Waals surface area (Å²) in [5, 5.41) is 6.97. The van der Waals surface area contributed by atoms with Crippen molar-refractivity contribution >= 4 is 5.91 Å². The smallest absolute Gasteiger partial charge is 0.227 e. The average Bonchev–Trinajstić information content (AvgIpc) is 3.46. The molecule has 6 heteroatoms. The molecule has 1 aromatic heterocycles. The second kappa shape index (κ2) is 5.44. The first-order valence-electron chi connectivity index (χ1n) is 8.04. The lowest BCUT2D eigenvalue weighted by Gasteiger charge is -2.17. The van der Waals surface area contributed by atoms with Crippen LogP contribution in [0.5, 0.6) is 0 Å². The number of hydrogen-bond acceptors (Lipinski definition) is 4. The molecule has 2 aliphatic carbocycles. The quantitative estimate of drug-likeness (QED) is 0.890. The zero-order valence-electron chi connectivity index (χ0n) is 12.7. The predicted molar refractivity (Wildman–Crippen MR) is 80.0 cm³/mol. The van der Waals surface area contributed by atoms with Crippen molar-refractivity contribution in [1.29, 1.82) is 0 Å². The largest absolute Gasteiger partial charge is 0.347 e. The van der Waals surface area contributed by atoms with E-state index in [9.17, 15) is 9.18 Å². The molecule has 2 aliphatic rings. The summed E-state index contributed by atoms with van der Waals surface area (Å²) in [6.45, 7) is 0. The topological polar surface area (TPSA) is 68.0 Å². The molecule has 2 aromatic rings. The number of nitrogens with one attached hydrogen (secondary N) is 1. The van der Waals surface area contributed by atoms with E-state index in [1.165, 1.54) is 12.1 Å². The third kappa shape index (κ3) is 3.11. The molecule has 1 heterocycles. The minimum atomic E-state index is -0.396. The van der Waals surface area contributed by atoms with Crippen LogP contribution in [0.25, 0.3) is 0 Å². The highest BCUT2D eigenvalue weighted by molar-refractivity contribution is 5.77. The van der Waals surface area contributed by atoms with Crippen molar-refractivity contribution in [3.63, 3.8) is 0 Å². The summed E-state index contributed by atoms with van der Waals surface area (Å²) in [4.78, 5) is 16.5. The van der Waals surface area contributed by atoms with E-state index in [2.05, 4.69) is 15.5 Å². The van der Waals surface area contributed by atoms with Gasteiger partial charge in [-0.1, -0.05) is 17.3 Å². The molecular weight excluding hydrogens is 297 g/mol. The molecule has 0 aliphatic heterocycles. The molecular formula is C17H18FN3O2. The summed E-state index contributed by atoms with van der Waals surface area (Å²) in [5.74, 6) is 1.37. The van der Waals surface area contributed by atoms with Crippen molar-refractivity contribution in [1.82, 2.24) is 15.5 Å². The number of aryl methyl sites for hydroxylation is 1. The van der Waals surface area contributed by atoms with E-state index >= 15 is 0 Å². The van der Waals surface area contributed by atoms with Gasteiger partial charge in [-0.05, 0) is 43.4 Å². The number of carbonyl (C=O) groups is 1. The maximum Gasteiger partial charge on any atom is 0.227 e. The van der Waals surface area contributed by atoms with E-state index in [4.69, 9.17) is 4.52 Å². The van der Waals surface area contributed by atoms with E-state index in [1.54, 1.807) is 6.07 Å². The number of hydrogen-bond donors (Lipinski definition) is 1. The van der Waals surface area contributed by atoms with Gasteiger partial charge >= 0.3 is 0 Å². The standard InChI is InChI=1S/C17H18FN3O2/c18-13-3-1-2-12(10-13)17(8-9-17)20-14(22)6-7-15-19-16(21-23-15)11-4-5-11/h1-3,10-11H,4-9H2,(H,20,22). The van der Waals surface area contributed by atoms with Crippen LogP contribution in [0.15, 0.2) is 28.8 Å². The van der Waals surface area contributed by atoms with Gasteiger partial charge in [0.25, 0.3) is 0 Å². The molecule has 0 spiro atoms. The third-order valence-corrected chi connectivity index (χ3v) is 4.50. The van der Waals surface area contributed by atoms with Crippen LogP contribution in [-0.4, -0.2) is 16.0 Å². The summed E-state index contributed by atoms with van der Waals surface area (Å²) in [5.41, 5.74) is 0.437. The lowest BCUT2D eigenvalue weighted by molar-refractivity contribution is -0.122. The monoisotopic (exact) mass is 315 g/mol. The number of halogens is 1. The number of aromatic nitrogens is 2. The molecule has 0 radical (unpaired) electrons. The summed E-state index contributed by atoms with van der Waals surface area (Å²) < 4.78 is 18.5. The number of carbonyl (C=O) groups excluding carboxylic acids is 1. The molecule has 4 rings (SSSR count). The first-order chi connectivity index (χ1) is 11.1. The summed E-state index contributed by atoms with van der Waals surface area (Å²) >= 11 is 0. The molecule has 1 aromatic carbocycles. The van der Waals surface area contributed by atoms with Gasteiger partial charge in [-0.15, -0.1) is 0 Å². The Kier molecular flexibility index (Phi) is 3.39. The Bertz CT molecular complexity index is 735. The predicted octanol–water partition coefficient (Wildman–Crippen LogP) is 2.82. The van der Waals surface area contributed by atoms with E-state index < -0.39 is 5.54 Å². The molecule has 5 nitrogen and oxygen atoms in total.